The highest BCUT2D eigenvalue weighted by molar-refractivity contribution is 5.93. The maximum Gasteiger partial charge on any atom is 0.266 e. The Morgan fingerprint density at radius 2 is 2.00 bits per heavy atom. The number of carbonyl (C=O) groups excluding carboxylic acids is 1. The summed E-state index contributed by atoms with van der Waals surface area (Å²) in [5.74, 6) is 1.47. The van der Waals surface area contributed by atoms with Crippen LogP contribution in [0, 0.1) is 6.92 Å². The monoisotopic (exact) mass is 310 g/mol. The molecule has 1 aromatic heterocycles. The number of nitrogens with one attached hydrogen (secondary N) is 1. The number of rotatable bonds is 5. The fourth-order valence-corrected chi connectivity index (χ4v) is 2.36. The fourth-order valence-electron chi connectivity index (χ4n) is 2.36. The van der Waals surface area contributed by atoms with Crippen LogP contribution >= 0.6 is 0 Å². The molecular formula is C18H18N2O3. The Morgan fingerprint density at radius 3 is 2.70 bits per heavy atom. The SMILES string of the molecule is CC[C@H](Oc1ccc2ccccc2c1)C(=O)Nc1cc(C)on1. The number of hydrogen-bond acceptors (Lipinski definition) is 4. The van der Waals surface area contributed by atoms with Crippen LogP contribution in [-0.2, 0) is 4.79 Å². The van der Waals surface area contributed by atoms with Crippen LogP contribution in [0.15, 0.2) is 53.1 Å². The van der Waals surface area contributed by atoms with Gasteiger partial charge in [-0.2, -0.15) is 0 Å². The van der Waals surface area contributed by atoms with Gasteiger partial charge in [0, 0.05) is 6.07 Å². The summed E-state index contributed by atoms with van der Waals surface area (Å²) in [6.07, 6.45) is -0.0386. The molecule has 0 radical (unpaired) electrons. The summed E-state index contributed by atoms with van der Waals surface area (Å²) < 4.78 is 10.8. The largest absolute Gasteiger partial charge is 0.481 e. The van der Waals surface area contributed by atoms with Gasteiger partial charge in [0.25, 0.3) is 5.91 Å². The molecule has 0 bridgehead atoms. The molecule has 1 amide bonds. The molecule has 1 atom stereocenters. The number of aromatic nitrogens is 1. The van der Waals surface area contributed by atoms with E-state index in [1.165, 1.54) is 0 Å². The number of amides is 1. The molecule has 118 valence electrons. The van der Waals surface area contributed by atoms with Crippen molar-refractivity contribution in [2.45, 2.75) is 26.4 Å². The Labute approximate surface area is 134 Å². The number of hydrogen-bond donors (Lipinski definition) is 1. The molecule has 0 saturated heterocycles. The van der Waals surface area contributed by atoms with Gasteiger partial charge in [-0.3, -0.25) is 4.79 Å². The summed E-state index contributed by atoms with van der Waals surface area (Å²) in [6.45, 7) is 3.67. The second-order valence-corrected chi connectivity index (χ2v) is 5.34. The maximum atomic E-state index is 12.3. The topological polar surface area (TPSA) is 64.4 Å². The molecule has 0 aliphatic carbocycles. The highest BCUT2D eigenvalue weighted by Gasteiger charge is 2.19. The van der Waals surface area contributed by atoms with Crippen molar-refractivity contribution in [2.24, 2.45) is 0 Å². The number of carbonyl (C=O) groups is 1. The number of benzene rings is 2. The molecule has 0 aliphatic heterocycles. The first-order valence-corrected chi connectivity index (χ1v) is 7.55. The molecule has 23 heavy (non-hydrogen) atoms. The second-order valence-electron chi connectivity index (χ2n) is 5.34. The first-order valence-electron chi connectivity index (χ1n) is 7.55. The molecule has 5 nitrogen and oxygen atoms in total. The average Bonchev–Trinajstić information content (AvgIpc) is 2.97. The van der Waals surface area contributed by atoms with E-state index in [1.54, 1.807) is 13.0 Å². The van der Waals surface area contributed by atoms with Crippen molar-refractivity contribution >= 4 is 22.5 Å². The van der Waals surface area contributed by atoms with Crippen molar-refractivity contribution in [1.82, 2.24) is 5.16 Å². The van der Waals surface area contributed by atoms with Crippen molar-refractivity contribution in [1.29, 1.82) is 0 Å². The molecule has 3 aromatic rings. The van der Waals surface area contributed by atoms with E-state index in [-0.39, 0.29) is 5.91 Å². The molecule has 0 saturated carbocycles. The van der Waals surface area contributed by atoms with Crippen LogP contribution in [0.3, 0.4) is 0 Å². The van der Waals surface area contributed by atoms with Crippen molar-refractivity contribution in [2.75, 3.05) is 5.32 Å². The lowest BCUT2D eigenvalue weighted by Gasteiger charge is -2.16. The van der Waals surface area contributed by atoms with Crippen LogP contribution < -0.4 is 10.1 Å². The van der Waals surface area contributed by atoms with Crippen LogP contribution in [0.5, 0.6) is 5.75 Å². The zero-order valence-corrected chi connectivity index (χ0v) is 13.1. The van der Waals surface area contributed by atoms with Crippen molar-refractivity contribution in [3.63, 3.8) is 0 Å². The predicted octanol–water partition coefficient (Wildman–Crippen LogP) is 3.93. The van der Waals surface area contributed by atoms with E-state index in [2.05, 4.69) is 10.5 Å². The highest BCUT2D eigenvalue weighted by atomic mass is 16.5. The van der Waals surface area contributed by atoms with Gasteiger partial charge in [0.2, 0.25) is 0 Å². The Bertz CT molecular complexity index is 826. The molecular weight excluding hydrogens is 292 g/mol. The van der Waals surface area contributed by atoms with Gasteiger partial charge >= 0.3 is 0 Å². The molecule has 0 aliphatic rings. The van der Waals surface area contributed by atoms with E-state index in [9.17, 15) is 4.79 Å². The summed E-state index contributed by atoms with van der Waals surface area (Å²) in [7, 11) is 0. The molecule has 1 heterocycles. The summed E-state index contributed by atoms with van der Waals surface area (Å²) in [4.78, 5) is 12.3. The van der Waals surface area contributed by atoms with E-state index >= 15 is 0 Å². The zero-order valence-electron chi connectivity index (χ0n) is 13.1. The standard InChI is InChI=1S/C18H18N2O3/c1-3-16(18(21)19-17-10-12(2)23-20-17)22-15-9-8-13-6-4-5-7-14(13)11-15/h4-11,16H,3H2,1-2H3,(H,19,20,21)/t16-/m0/s1. The minimum Gasteiger partial charge on any atom is -0.481 e. The Hall–Kier alpha value is -2.82. The van der Waals surface area contributed by atoms with Gasteiger partial charge in [0.05, 0.1) is 0 Å². The summed E-state index contributed by atoms with van der Waals surface area (Å²) in [5.41, 5.74) is 0. The molecule has 0 spiro atoms. The van der Waals surface area contributed by atoms with E-state index in [4.69, 9.17) is 9.26 Å². The van der Waals surface area contributed by atoms with Gasteiger partial charge in [-0.1, -0.05) is 42.4 Å². The molecule has 5 heteroatoms. The smallest absolute Gasteiger partial charge is 0.266 e. The Balaban J connectivity index is 1.73. The minimum atomic E-state index is -0.590. The Kier molecular flexibility index (Phi) is 4.28. The third-order valence-electron chi connectivity index (χ3n) is 3.54. The van der Waals surface area contributed by atoms with Crippen LogP contribution in [0.4, 0.5) is 5.82 Å². The second kappa shape index (κ2) is 6.52. The molecule has 1 N–H and O–H groups in total. The van der Waals surface area contributed by atoms with E-state index in [0.717, 1.165) is 10.8 Å². The molecule has 0 fully saturated rings. The van der Waals surface area contributed by atoms with Crippen LogP contribution in [0.2, 0.25) is 0 Å². The van der Waals surface area contributed by atoms with E-state index < -0.39 is 6.10 Å². The summed E-state index contributed by atoms with van der Waals surface area (Å²) in [5, 5.41) is 8.67. The first kappa shape index (κ1) is 15.1. The van der Waals surface area contributed by atoms with Crippen molar-refractivity contribution < 1.29 is 14.1 Å². The van der Waals surface area contributed by atoms with Gasteiger partial charge in [-0.15, -0.1) is 0 Å². The fraction of sp³-hybridized carbons (Fsp3) is 0.222. The van der Waals surface area contributed by atoms with Gasteiger partial charge in [0.15, 0.2) is 11.9 Å². The Morgan fingerprint density at radius 1 is 1.22 bits per heavy atom. The zero-order chi connectivity index (χ0) is 16.2. The summed E-state index contributed by atoms with van der Waals surface area (Å²) >= 11 is 0. The highest BCUT2D eigenvalue weighted by Crippen LogP contribution is 2.22. The maximum absolute atomic E-state index is 12.3. The van der Waals surface area contributed by atoms with Crippen molar-refractivity contribution in [3.8, 4) is 5.75 Å². The molecule has 2 aromatic carbocycles. The van der Waals surface area contributed by atoms with Gasteiger partial charge in [-0.05, 0) is 36.2 Å². The number of fused-ring (bicyclic) bond motifs is 1. The predicted molar refractivity (Wildman–Crippen MR) is 88.5 cm³/mol. The lowest BCUT2D eigenvalue weighted by atomic mass is 10.1. The number of aryl methyl sites for hydroxylation is 1. The lowest BCUT2D eigenvalue weighted by molar-refractivity contribution is -0.122. The van der Waals surface area contributed by atoms with Crippen LogP contribution in [0.25, 0.3) is 10.8 Å². The minimum absolute atomic E-state index is 0.242. The van der Waals surface area contributed by atoms with E-state index in [0.29, 0.717) is 23.7 Å². The quantitative estimate of drug-likeness (QED) is 0.775. The molecule has 0 unspecified atom stereocenters. The average molecular weight is 310 g/mol. The van der Waals surface area contributed by atoms with Crippen LogP contribution in [0.1, 0.15) is 19.1 Å². The molecule has 3 rings (SSSR count). The number of ether oxygens (including phenoxy) is 1. The van der Waals surface area contributed by atoms with Gasteiger partial charge in [-0.25, -0.2) is 0 Å². The number of anilines is 1. The van der Waals surface area contributed by atoms with Crippen molar-refractivity contribution in [3.05, 3.63) is 54.3 Å². The van der Waals surface area contributed by atoms with Gasteiger partial charge in [0.1, 0.15) is 11.5 Å². The number of nitrogens with zero attached hydrogens (tertiary/aromatic N) is 1. The third-order valence-corrected chi connectivity index (χ3v) is 3.54. The third kappa shape index (κ3) is 3.51. The van der Waals surface area contributed by atoms with E-state index in [1.807, 2.05) is 49.4 Å². The lowest BCUT2D eigenvalue weighted by Crippen LogP contribution is -2.32. The van der Waals surface area contributed by atoms with Crippen LogP contribution in [-0.4, -0.2) is 17.2 Å². The summed E-state index contributed by atoms with van der Waals surface area (Å²) in [6, 6.07) is 15.5. The first-order chi connectivity index (χ1) is 11.2. The normalized spacial score (nSPS) is 12.1. The van der Waals surface area contributed by atoms with Gasteiger partial charge < -0.3 is 14.6 Å².